The standard InChI is InChI=1S/C27H35ClN2O5S/c1-15(28)21(25-23(32)22(31)24(33)27(35-25)36-2)30-26(34)20-14-19(12-13-29-20)18-10-8-17(9-11-18)16-6-4-3-5-7-16/h3-11,15,19-25,27,29,31-33H,12-14H2,1-2H3,(H,30,34)/t15-,19+,20-,21?,22-,23+,24+,25+,27+/m0/s1. The van der Waals surface area contributed by atoms with E-state index < -0.39 is 47.3 Å². The van der Waals surface area contributed by atoms with Gasteiger partial charge in [-0.3, -0.25) is 4.79 Å². The van der Waals surface area contributed by atoms with Crippen LogP contribution in [0.15, 0.2) is 54.6 Å². The molecule has 2 aromatic rings. The molecule has 2 heterocycles. The fourth-order valence-corrected chi connectivity index (χ4v) is 5.97. The summed E-state index contributed by atoms with van der Waals surface area (Å²) in [5.74, 6) is 0.00304. The number of piperidine rings is 1. The number of alkyl halides is 1. The Kier molecular flexibility index (Phi) is 9.33. The number of benzene rings is 2. The molecule has 4 rings (SSSR count). The van der Waals surface area contributed by atoms with E-state index in [2.05, 4.69) is 47.0 Å². The second-order valence-corrected chi connectivity index (χ2v) is 11.2. The van der Waals surface area contributed by atoms with Crippen molar-refractivity contribution in [2.45, 2.75) is 73.0 Å². The van der Waals surface area contributed by atoms with Crippen molar-refractivity contribution >= 4 is 29.3 Å². The van der Waals surface area contributed by atoms with Gasteiger partial charge in [0.05, 0.1) is 17.5 Å². The first-order valence-corrected chi connectivity index (χ1v) is 14.1. The van der Waals surface area contributed by atoms with E-state index in [0.717, 1.165) is 12.0 Å². The number of amides is 1. The SMILES string of the molecule is CS[C@H]1O[C@H](C(NC(=O)[C@@H]2C[C@H](c3ccc(-c4ccccc4)cc3)CCN2)[C@H](C)Cl)[C@H](O)[C@H](O)[C@H]1O. The minimum Gasteiger partial charge on any atom is -0.388 e. The third-order valence-corrected chi connectivity index (χ3v) is 8.33. The number of ether oxygens (including phenoxy) is 1. The zero-order valence-electron chi connectivity index (χ0n) is 20.5. The number of carbonyl (C=O) groups is 1. The van der Waals surface area contributed by atoms with Crippen molar-refractivity contribution in [2.24, 2.45) is 0 Å². The molecule has 9 atom stereocenters. The molecular weight excluding hydrogens is 500 g/mol. The Balaban J connectivity index is 1.42. The summed E-state index contributed by atoms with van der Waals surface area (Å²) in [6.07, 6.45) is -1.68. The maximum Gasteiger partial charge on any atom is 0.237 e. The number of hydrogen-bond donors (Lipinski definition) is 5. The van der Waals surface area contributed by atoms with Gasteiger partial charge in [0.1, 0.15) is 29.9 Å². The highest BCUT2D eigenvalue weighted by Gasteiger charge is 2.48. The second kappa shape index (κ2) is 12.3. The molecule has 1 amide bonds. The van der Waals surface area contributed by atoms with Crippen LogP contribution < -0.4 is 10.6 Å². The molecule has 0 saturated carbocycles. The average molecular weight is 535 g/mol. The number of thioether (sulfide) groups is 1. The molecule has 2 aromatic carbocycles. The van der Waals surface area contributed by atoms with Crippen LogP contribution in [0.1, 0.15) is 31.2 Å². The number of carbonyl (C=O) groups excluding carboxylic acids is 1. The summed E-state index contributed by atoms with van der Waals surface area (Å²) in [6, 6.07) is 17.6. The number of nitrogens with one attached hydrogen (secondary N) is 2. The number of halogens is 1. The molecule has 2 aliphatic rings. The number of rotatable bonds is 7. The van der Waals surface area contributed by atoms with E-state index in [9.17, 15) is 20.1 Å². The molecular formula is C27H35ClN2O5S. The quantitative estimate of drug-likeness (QED) is 0.347. The number of hydrogen-bond acceptors (Lipinski definition) is 7. The number of aliphatic hydroxyl groups excluding tert-OH is 3. The van der Waals surface area contributed by atoms with Gasteiger partial charge in [-0.2, -0.15) is 0 Å². The Morgan fingerprint density at radius 1 is 1.06 bits per heavy atom. The van der Waals surface area contributed by atoms with Crippen molar-refractivity contribution in [3.63, 3.8) is 0 Å². The summed E-state index contributed by atoms with van der Waals surface area (Å²) in [5.41, 5.74) is 2.78. The van der Waals surface area contributed by atoms with Crippen LogP contribution in [0, 0.1) is 0 Å². The van der Waals surface area contributed by atoms with Gasteiger partial charge in [0.2, 0.25) is 5.91 Å². The van der Waals surface area contributed by atoms with Gasteiger partial charge in [0, 0.05) is 0 Å². The molecule has 2 fully saturated rings. The highest BCUT2D eigenvalue weighted by molar-refractivity contribution is 7.99. The van der Waals surface area contributed by atoms with Gasteiger partial charge in [-0.15, -0.1) is 23.4 Å². The lowest BCUT2D eigenvalue weighted by molar-refractivity contribution is -0.205. The van der Waals surface area contributed by atoms with E-state index in [4.69, 9.17) is 16.3 Å². The summed E-state index contributed by atoms with van der Waals surface area (Å²) < 4.78 is 5.86. The van der Waals surface area contributed by atoms with Crippen molar-refractivity contribution in [3.8, 4) is 11.1 Å². The first kappa shape index (κ1) is 27.4. The van der Waals surface area contributed by atoms with Crippen molar-refractivity contribution < 1.29 is 24.9 Å². The lowest BCUT2D eigenvalue weighted by Crippen LogP contribution is -2.65. The van der Waals surface area contributed by atoms with E-state index in [-0.39, 0.29) is 11.8 Å². The van der Waals surface area contributed by atoms with Gasteiger partial charge < -0.3 is 30.7 Å². The van der Waals surface area contributed by atoms with Crippen LogP contribution >= 0.6 is 23.4 Å². The van der Waals surface area contributed by atoms with Crippen LogP contribution in [0.25, 0.3) is 11.1 Å². The van der Waals surface area contributed by atoms with Crippen molar-refractivity contribution in [1.29, 1.82) is 0 Å². The van der Waals surface area contributed by atoms with E-state index in [1.54, 1.807) is 13.2 Å². The van der Waals surface area contributed by atoms with Gasteiger partial charge >= 0.3 is 0 Å². The Bertz CT molecular complexity index is 993. The molecule has 36 heavy (non-hydrogen) atoms. The topological polar surface area (TPSA) is 111 Å². The predicted octanol–water partition coefficient (Wildman–Crippen LogP) is 2.47. The van der Waals surface area contributed by atoms with Crippen LogP contribution in [0.3, 0.4) is 0 Å². The lowest BCUT2D eigenvalue weighted by Gasteiger charge is -2.44. The van der Waals surface area contributed by atoms with E-state index in [1.807, 2.05) is 18.2 Å². The molecule has 0 spiro atoms. The van der Waals surface area contributed by atoms with Gasteiger partial charge in [-0.25, -0.2) is 0 Å². The molecule has 0 aliphatic carbocycles. The second-order valence-electron chi connectivity index (χ2n) is 9.60. The van der Waals surface area contributed by atoms with Crippen molar-refractivity contribution in [2.75, 3.05) is 12.8 Å². The smallest absolute Gasteiger partial charge is 0.237 e. The molecule has 9 heteroatoms. The molecule has 2 aliphatic heterocycles. The largest absolute Gasteiger partial charge is 0.388 e. The van der Waals surface area contributed by atoms with E-state index in [0.29, 0.717) is 13.0 Å². The predicted molar refractivity (Wildman–Crippen MR) is 143 cm³/mol. The monoisotopic (exact) mass is 534 g/mol. The molecule has 0 radical (unpaired) electrons. The Morgan fingerprint density at radius 3 is 2.36 bits per heavy atom. The number of aliphatic hydroxyl groups is 3. The Morgan fingerprint density at radius 2 is 1.72 bits per heavy atom. The molecule has 1 unspecified atom stereocenters. The molecule has 2 saturated heterocycles. The van der Waals surface area contributed by atoms with Crippen molar-refractivity contribution in [3.05, 3.63) is 60.2 Å². The highest BCUT2D eigenvalue weighted by Crippen LogP contribution is 2.32. The van der Waals surface area contributed by atoms with Crippen LogP contribution in [0.5, 0.6) is 0 Å². The minimum absolute atomic E-state index is 0.227. The molecule has 0 aromatic heterocycles. The van der Waals surface area contributed by atoms with E-state index in [1.165, 1.54) is 22.9 Å². The summed E-state index contributed by atoms with van der Waals surface area (Å²) in [7, 11) is 0. The van der Waals surface area contributed by atoms with Crippen LogP contribution in [0.4, 0.5) is 0 Å². The maximum atomic E-state index is 13.3. The average Bonchev–Trinajstić information content (AvgIpc) is 2.91. The first-order valence-electron chi connectivity index (χ1n) is 12.4. The Labute approximate surface area is 221 Å². The minimum atomic E-state index is -1.40. The van der Waals surface area contributed by atoms with Gasteiger partial charge in [0.15, 0.2) is 0 Å². The zero-order valence-corrected chi connectivity index (χ0v) is 22.0. The third-order valence-electron chi connectivity index (χ3n) is 7.21. The van der Waals surface area contributed by atoms with Gasteiger partial charge in [-0.1, -0.05) is 54.6 Å². The maximum absolute atomic E-state index is 13.3. The Hall–Kier alpha value is -1.65. The summed E-state index contributed by atoms with van der Waals surface area (Å²) in [6.45, 7) is 2.41. The molecule has 7 nitrogen and oxygen atoms in total. The fourth-order valence-electron chi connectivity index (χ4n) is 5.09. The van der Waals surface area contributed by atoms with Gasteiger partial charge in [0.25, 0.3) is 0 Å². The third kappa shape index (κ3) is 6.07. The fraction of sp³-hybridized carbons (Fsp3) is 0.519. The normalized spacial score (nSPS) is 32.4. The summed E-state index contributed by atoms with van der Waals surface area (Å²) >= 11 is 7.64. The zero-order chi connectivity index (χ0) is 25.8. The van der Waals surface area contributed by atoms with E-state index >= 15 is 0 Å². The first-order chi connectivity index (χ1) is 17.3. The molecule has 5 N–H and O–H groups in total. The van der Waals surface area contributed by atoms with Crippen molar-refractivity contribution in [1.82, 2.24) is 10.6 Å². The summed E-state index contributed by atoms with van der Waals surface area (Å²) in [5, 5.41) is 36.7. The highest BCUT2D eigenvalue weighted by atomic mass is 35.5. The lowest BCUT2D eigenvalue weighted by atomic mass is 9.85. The summed E-state index contributed by atoms with van der Waals surface area (Å²) in [4.78, 5) is 13.3. The molecule has 0 bridgehead atoms. The molecule has 196 valence electrons. The van der Waals surface area contributed by atoms with Crippen LogP contribution in [-0.2, 0) is 9.53 Å². The van der Waals surface area contributed by atoms with Crippen LogP contribution in [0.2, 0.25) is 0 Å². The van der Waals surface area contributed by atoms with Gasteiger partial charge in [-0.05, 0) is 55.2 Å². The van der Waals surface area contributed by atoms with Crippen LogP contribution in [-0.4, -0.2) is 81.3 Å².